The molecular weight excluding hydrogens is 1550 g/mol. The van der Waals surface area contributed by atoms with Gasteiger partial charge in [-0.2, -0.15) is 68.8 Å². The normalized spacial score (nSPS) is 17.6. The molecule has 12 rings (SSSR count). The van der Waals surface area contributed by atoms with Crippen LogP contribution in [0.2, 0.25) is 84.6 Å². The summed E-state index contributed by atoms with van der Waals surface area (Å²) in [6, 6.07) is 48.1. The third-order valence-electron chi connectivity index (χ3n) is 25.5. The number of hydrogen-bond donors (Lipinski definition) is 0. The van der Waals surface area contributed by atoms with E-state index in [-0.39, 0.29) is 43.8 Å². The molecule has 0 radical (unpaired) electrons. The first kappa shape index (κ1) is 85.6. The van der Waals surface area contributed by atoms with Crippen molar-refractivity contribution in [3.8, 4) is 23.0 Å². The molecule has 578 valence electrons. The fraction of sp³-hybridized carbons (Fsp3) is 0.375. The summed E-state index contributed by atoms with van der Waals surface area (Å²) in [6.07, 6.45) is 37.1. The van der Waals surface area contributed by atoms with Gasteiger partial charge in [0.1, 0.15) is 23.0 Å². The Kier molecular flexibility index (Phi) is 26.8. The molecule has 0 bridgehead atoms. The van der Waals surface area contributed by atoms with Gasteiger partial charge in [-0.15, -0.1) is 91.6 Å². The number of halogens is 2. The van der Waals surface area contributed by atoms with Gasteiger partial charge in [0.05, 0.1) is 0 Å². The van der Waals surface area contributed by atoms with Gasteiger partial charge in [-0.3, -0.25) is 0 Å². The van der Waals surface area contributed by atoms with Gasteiger partial charge in [-0.25, -0.2) is 0 Å². The quantitative estimate of drug-likeness (QED) is 0.0634. The van der Waals surface area contributed by atoms with Gasteiger partial charge in [0.15, 0.2) is 0 Å². The Balaban J connectivity index is 0.000000224. The van der Waals surface area contributed by atoms with Crippen molar-refractivity contribution < 1.29 is 38.6 Å². The number of allylic oxidation sites excluding steroid dienone is 12. The van der Waals surface area contributed by atoms with Crippen molar-refractivity contribution in [2.45, 2.75) is 233 Å². The van der Waals surface area contributed by atoms with E-state index in [4.69, 9.17) is 34.7 Å². The molecular formula is C96H124Cl2O4Si6Zr-4. The van der Waals surface area contributed by atoms with Crippen LogP contribution in [0.1, 0.15) is 210 Å². The number of aryl methyl sites for hydroxylation is 4. The van der Waals surface area contributed by atoms with Gasteiger partial charge in [-0.05, 0) is 167 Å². The van der Waals surface area contributed by atoms with Crippen molar-refractivity contribution in [1.29, 1.82) is 0 Å². The summed E-state index contributed by atoms with van der Waals surface area (Å²) in [4.78, 5) is 0. The fourth-order valence-electron chi connectivity index (χ4n) is 15.4. The van der Waals surface area contributed by atoms with Gasteiger partial charge in [0.25, 0.3) is 0 Å². The maximum atomic E-state index is 6.65. The Morgan fingerprint density at radius 2 is 0.495 bits per heavy atom. The Morgan fingerprint density at radius 3 is 0.651 bits per heavy atom. The van der Waals surface area contributed by atoms with E-state index < -0.39 is 71.7 Å². The molecule has 0 amide bonds. The van der Waals surface area contributed by atoms with Crippen LogP contribution in [-0.2, 0) is 20.8 Å². The predicted molar refractivity (Wildman–Crippen MR) is 490 cm³/mol. The van der Waals surface area contributed by atoms with E-state index in [1.807, 2.05) is 0 Å². The Morgan fingerprint density at radius 1 is 0.321 bits per heavy atom. The van der Waals surface area contributed by atoms with Crippen LogP contribution < -0.4 is 38.5 Å². The standard InChI is InChI=1S/2C48H62O2Si3.2ClH.Zr/c2*1-14-51(45-33(2)31-43-39(19-15-17-21-41(43)45)35-23-27-37(28-24-35)49-52(10,11)47(4,5)6)46-34(3)32-44-40(20-16-18-22-42(44)46)36-25-29-38(30-26-36)50-53(12,13)48(7,8)9;;;/h2*15-32,39-40,51H,14H2,1-13H3;2*1H;/q2*-2;;;+2/p-2. The predicted octanol–water partition coefficient (Wildman–Crippen LogP) is 26.0. The van der Waals surface area contributed by atoms with Crippen LogP contribution in [0, 0.1) is 27.7 Å². The Bertz CT molecular complexity index is 4140. The summed E-state index contributed by atoms with van der Waals surface area (Å²) in [5, 5.41) is 7.08. The zero-order chi connectivity index (χ0) is 79.7. The minimum atomic E-state index is -1.91. The summed E-state index contributed by atoms with van der Waals surface area (Å²) in [6.45, 7) is 60.4. The molecule has 4 nitrogen and oxygen atoms in total. The molecule has 8 aromatic carbocycles. The summed E-state index contributed by atoms with van der Waals surface area (Å²) in [5.41, 5.74) is 22.5. The second-order valence-corrected chi connectivity index (χ2v) is 65.8. The molecule has 0 fully saturated rings. The summed E-state index contributed by atoms with van der Waals surface area (Å²) in [5.74, 6) is 4.75. The van der Waals surface area contributed by atoms with Crippen LogP contribution in [0.4, 0.5) is 0 Å². The molecule has 0 heterocycles. The van der Waals surface area contributed by atoms with E-state index in [1.54, 1.807) is 20.7 Å². The zero-order valence-electron chi connectivity index (χ0n) is 70.6. The molecule has 4 aliphatic rings. The number of benzene rings is 4. The van der Waals surface area contributed by atoms with Gasteiger partial charge in [0, 0.05) is 17.6 Å². The molecule has 13 heteroatoms. The molecule has 8 aromatic rings. The van der Waals surface area contributed by atoms with Crippen LogP contribution >= 0.6 is 17.0 Å². The molecule has 4 aliphatic carbocycles. The molecule has 4 atom stereocenters. The first-order valence-electron chi connectivity index (χ1n) is 39.8. The van der Waals surface area contributed by atoms with Crippen molar-refractivity contribution in [1.82, 2.24) is 0 Å². The van der Waals surface area contributed by atoms with Crippen molar-refractivity contribution in [2.75, 3.05) is 0 Å². The number of hydrogen-bond acceptors (Lipinski definition) is 4. The summed E-state index contributed by atoms with van der Waals surface area (Å²) >= 11 is -0.826. The Labute approximate surface area is 684 Å². The SMILES string of the molecule is CC[SiH]([c-]1c(C)cc2c1C=CC=CC2c1ccc(O[Si](C)(C)C(C)(C)C)cc1)[c-]1c(C)cc2c1C=CC=CC2c1ccc(O[Si](C)(C)C(C)(C)C)cc1.CC[SiH]([c-]1c(C)cc2c1C=CC=CC2c1ccc(O[Si](C)(C)C(C)(C)C)cc1)[c-]1c(C)cc2c1C=CC=CC2c1ccc(O[Si](C)(C)C(C)(C)C)cc1.[Cl][Zr][Cl]. The first-order valence-corrected chi connectivity index (χ1v) is 61.7. The summed E-state index contributed by atoms with van der Waals surface area (Å²) < 4.78 is 26.6. The number of fused-ring (bicyclic) bond motifs is 4. The van der Waals surface area contributed by atoms with Gasteiger partial charge >= 0.3 is 37.9 Å². The van der Waals surface area contributed by atoms with Gasteiger partial charge in [-0.1, -0.05) is 234 Å². The fourth-order valence-corrected chi connectivity index (χ4v) is 26.8. The summed E-state index contributed by atoms with van der Waals surface area (Å²) in [7, 11) is -0.977. The molecule has 0 N–H and O–H groups in total. The van der Waals surface area contributed by atoms with Crippen molar-refractivity contribution >= 4 is 113 Å². The maximum absolute atomic E-state index is 6.65. The molecule has 0 saturated heterocycles. The van der Waals surface area contributed by atoms with Crippen LogP contribution in [0.3, 0.4) is 0 Å². The second kappa shape index (κ2) is 34.1. The Hall–Kier alpha value is -5.84. The van der Waals surface area contributed by atoms with E-state index in [0.717, 1.165) is 23.0 Å². The first-order chi connectivity index (χ1) is 51.1. The van der Waals surface area contributed by atoms with Crippen LogP contribution in [-0.4, -0.2) is 50.9 Å². The average Bonchev–Trinajstić information content (AvgIpc) is 1.60. The van der Waals surface area contributed by atoms with Gasteiger partial charge < -0.3 is 17.7 Å². The third-order valence-corrected chi connectivity index (χ3v) is 50.4. The molecule has 0 aliphatic heterocycles. The molecule has 109 heavy (non-hydrogen) atoms. The molecule has 0 spiro atoms. The van der Waals surface area contributed by atoms with Crippen LogP contribution in [0.25, 0.3) is 24.3 Å². The van der Waals surface area contributed by atoms with Crippen molar-refractivity contribution in [3.63, 3.8) is 0 Å². The zero-order valence-corrected chi connectivity index (χ0v) is 80.8. The minimum absolute atomic E-state index is 0.163. The van der Waals surface area contributed by atoms with Crippen LogP contribution in [0.15, 0.2) is 194 Å². The molecule has 0 aromatic heterocycles. The van der Waals surface area contributed by atoms with E-state index in [2.05, 4.69) is 396 Å². The average molecular weight is 1670 g/mol. The third kappa shape index (κ3) is 18.7. The van der Waals surface area contributed by atoms with E-state index in [0.29, 0.717) is 0 Å². The van der Waals surface area contributed by atoms with E-state index in [9.17, 15) is 0 Å². The molecule has 0 saturated carbocycles. The topological polar surface area (TPSA) is 36.9 Å². The van der Waals surface area contributed by atoms with E-state index in [1.165, 1.54) is 101 Å². The monoisotopic (exact) mass is 1670 g/mol. The van der Waals surface area contributed by atoms with Crippen LogP contribution in [0.5, 0.6) is 23.0 Å². The van der Waals surface area contributed by atoms with Crippen molar-refractivity contribution in [3.05, 3.63) is 283 Å². The van der Waals surface area contributed by atoms with E-state index >= 15 is 0 Å². The molecule has 4 unspecified atom stereocenters. The number of rotatable bonds is 18. The van der Waals surface area contributed by atoms with Gasteiger partial charge in [0.2, 0.25) is 33.3 Å². The second-order valence-electron chi connectivity index (χ2n) is 37.0. The van der Waals surface area contributed by atoms with Crippen molar-refractivity contribution in [2.24, 2.45) is 0 Å².